The van der Waals surface area contributed by atoms with Crippen LogP contribution in [-0.4, -0.2) is 29.6 Å². The van der Waals surface area contributed by atoms with E-state index in [-0.39, 0.29) is 11.3 Å². The molecule has 0 aliphatic heterocycles. The lowest BCUT2D eigenvalue weighted by Crippen LogP contribution is -2.18. The van der Waals surface area contributed by atoms with Crippen LogP contribution in [0.15, 0.2) is 16.5 Å². The van der Waals surface area contributed by atoms with Crippen molar-refractivity contribution in [2.45, 2.75) is 33.2 Å². The number of carboxylic acid groups (broad SMARTS) is 1. The summed E-state index contributed by atoms with van der Waals surface area (Å²) in [5, 5.41) is 9.58. The van der Waals surface area contributed by atoms with Gasteiger partial charge in [-0.25, -0.2) is 9.18 Å². The lowest BCUT2D eigenvalue weighted by Gasteiger charge is -2.16. The number of nitrogens with zero attached hydrogens (tertiary/aromatic N) is 1. The summed E-state index contributed by atoms with van der Waals surface area (Å²) in [5.41, 5.74) is 1.30. The van der Waals surface area contributed by atoms with Gasteiger partial charge >= 0.3 is 5.97 Å². The van der Waals surface area contributed by atoms with Crippen LogP contribution in [-0.2, 0) is 6.54 Å². The van der Waals surface area contributed by atoms with Crippen molar-refractivity contribution in [1.29, 1.82) is 0 Å². The summed E-state index contributed by atoms with van der Waals surface area (Å²) in [4.78, 5) is 13.2. The fourth-order valence-corrected chi connectivity index (χ4v) is 2.45. The van der Waals surface area contributed by atoms with Crippen molar-refractivity contribution in [3.8, 4) is 0 Å². The zero-order valence-corrected chi connectivity index (χ0v) is 12.6. The quantitative estimate of drug-likeness (QED) is 0.880. The molecule has 0 aliphatic carbocycles. The molecule has 2 aromatic rings. The minimum Gasteiger partial charge on any atom is -0.475 e. The Bertz CT molecular complexity index is 663. The van der Waals surface area contributed by atoms with E-state index in [1.807, 2.05) is 13.1 Å². The summed E-state index contributed by atoms with van der Waals surface area (Å²) in [7, 11) is 1.99. The van der Waals surface area contributed by atoms with Gasteiger partial charge in [-0.05, 0) is 44.6 Å². The van der Waals surface area contributed by atoms with E-state index in [1.165, 1.54) is 6.07 Å². The first-order valence-corrected chi connectivity index (χ1v) is 7.07. The number of unbranched alkanes of at least 4 members (excludes halogenated alkanes) is 1. The molecule has 0 atom stereocenters. The largest absolute Gasteiger partial charge is 0.475 e. The smallest absolute Gasteiger partial charge is 0.372 e. The summed E-state index contributed by atoms with van der Waals surface area (Å²) in [6.45, 7) is 5.34. The van der Waals surface area contributed by atoms with Crippen molar-refractivity contribution in [2.24, 2.45) is 0 Å². The standard InChI is InChI=1S/C16H20FNO3/c1-4-5-6-18(3)9-11-7-12-10(2)14(16(19)20)21-15(12)13(17)8-11/h7-8H,4-6,9H2,1-3H3,(H,19,20). The minimum absolute atomic E-state index is 0.0184. The van der Waals surface area contributed by atoms with Crippen LogP contribution >= 0.6 is 0 Å². The molecule has 4 nitrogen and oxygen atoms in total. The van der Waals surface area contributed by atoms with Gasteiger partial charge < -0.3 is 14.4 Å². The van der Waals surface area contributed by atoms with Crippen molar-refractivity contribution in [3.05, 3.63) is 34.8 Å². The minimum atomic E-state index is -1.18. The Labute approximate surface area is 123 Å². The Morgan fingerprint density at radius 1 is 1.43 bits per heavy atom. The molecule has 1 heterocycles. The van der Waals surface area contributed by atoms with Crippen LogP contribution in [0.4, 0.5) is 4.39 Å². The van der Waals surface area contributed by atoms with E-state index in [0.717, 1.165) is 24.9 Å². The molecule has 1 N–H and O–H groups in total. The van der Waals surface area contributed by atoms with Gasteiger partial charge in [-0.2, -0.15) is 0 Å². The topological polar surface area (TPSA) is 53.7 Å². The van der Waals surface area contributed by atoms with Crippen LogP contribution < -0.4 is 0 Å². The molecular weight excluding hydrogens is 273 g/mol. The summed E-state index contributed by atoms with van der Waals surface area (Å²) < 4.78 is 19.2. The number of carboxylic acids is 1. The second-order valence-corrected chi connectivity index (χ2v) is 5.41. The monoisotopic (exact) mass is 293 g/mol. The normalized spacial score (nSPS) is 11.5. The first-order valence-electron chi connectivity index (χ1n) is 7.07. The van der Waals surface area contributed by atoms with E-state index in [4.69, 9.17) is 9.52 Å². The van der Waals surface area contributed by atoms with Crippen LogP contribution in [0.1, 0.15) is 41.4 Å². The van der Waals surface area contributed by atoms with Gasteiger partial charge in [0.15, 0.2) is 11.4 Å². The van der Waals surface area contributed by atoms with E-state index in [2.05, 4.69) is 11.8 Å². The molecule has 0 fully saturated rings. The molecule has 0 saturated carbocycles. The number of aromatic carboxylic acids is 1. The highest BCUT2D eigenvalue weighted by atomic mass is 19.1. The van der Waals surface area contributed by atoms with E-state index in [1.54, 1.807) is 6.92 Å². The summed E-state index contributed by atoms with van der Waals surface area (Å²) in [6.07, 6.45) is 2.20. The first-order chi connectivity index (χ1) is 9.93. The van der Waals surface area contributed by atoms with Crippen molar-refractivity contribution < 1.29 is 18.7 Å². The number of rotatable bonds is 6. The van der Waals surface area contributed by atoms with Crippen molar-refractivity contribution in [2.75, 3.05) is 13.6 Å². The van der Waals surface area contributed by atoms with Crippen LogP contribution in [0.25, 0.3) is 11.0 Å². The van der Waals surface area contributed by atoms with Gasteiger partial charge in [0.2, 0.25) is 5.76 Å². The van der Waals surface area contributed by atoms with Gasteiger partial charge in [-0.3, -0.25) is 0 Å². The highest BCUT2D eigenvalue weighted by Gasteiger charge is 2.19. The van der Waals surface area contributed by atoms with Gasteiger partial charge in [0.25, 0.3) is 0 Å². The van der Waals surface area contributed by atoms with Gasteiger partial charge in [0.05, 0.1) is 0 Å². The van der Waals surface area contributed by atoms with E-state index in [0.29, 0.717) is 17.5 Å². The zero-order valence-electron chi connectivity index (χ0n) is 12.6. The fraction of sp³-hybridized carbons (Fsp3) is 0.438. The lowest BCUT2D eigenvalue weighted by molar-refractivity contribution is 0.0663. The highest BCUT2D eigenvalue weighted by molar-refractivity contribution is 5.95. The first kappa shape index (κ1) is 15.5. The Morgan fingerprint density at radius 3 is 2.76 bits per heavy atom. The van der Waals surface area contributed by atoms with Crippen LogP contribution in [0.2, 0.25) is 0 Å². The lowest BCUT2D eigenvalue weighted by atomic mass is 10.1. The third-order valence-corrected chi connectivity index (χ3v) is 3.59. The average molecular weight is 293 g/mol. The molecular formula is C16H20FNO3. The zero-order chi connectivity index (χ0) is 15.6. The average Bonchev–Trinajstić information content (AvgIpc) is 2.75. The van der Waals surface area contributed by atoms with E-state index >= 15 is 0 Å². The number of aryl methyl sites for hydroxylation is 1. The SMILES string of the molecule is CCCCN(C)Cc1cc(F)c2oc(C(=O)O)c(C)c2c1. The van der Waals surface area contributed by atoms with Gasteiger partial charge in [0, 0.05) is 17.5 Å². The number of carbonyl (C=O) groups is 1. The summed E-state index contributed by atoms with van der Waals surface area (Å²) in [6, 6.07) is 3.23. The van der Waals surface area contributed by atoms with E-state index in [9.17, 15) is 9.18 Å². The molecule has 1 aromatic heterocycles. The van der Waals surface area contributed by atoms with Crippen LogP contribution in [0.5, 0.6) is 0 Å². The number of furan rings is 1. The van der Waals surface area contributed by atoms with Gasteiger partial charge in [-0.15, -0.1) is 0 Å². The molecule has 0 saturated heterocycles. The van der Waals surface area contributed by atoms with Crippen molar-refractivity contribution in [1.82, 2.24) is 4.90 Å². The molecule has 0 bridgehead atoms. The fourth-order valence-electron chi connectivity index (χ4n) is 2.45. The Balaban J connectivity index is 2.35. The Kier molecular flexibility index (Phi) is 4.63. The number of hydrogen-bond donors (Lipinski definition) is 1. The molecule has 114 valence electrons. The van der Waals surface area contributed by atoms with Crippen molar-refractivity contribution >= 4 is 16.9 Å². The van der Waals surface area contributed by atoms with Crippen LogP contribution in [0.3, 0.4) is 0 Å². The Morgan fingerprint density at radius 2 is 2.14 bits per heavy atom. The summed E-state index contributed by atoms with van der Waals surface area (Å²) >= 11 is 0. The third kappa shape index (κ3) is 3.24. The second kappa shape index (κ2) is 6.26. The molecule has 21 heavy (non-hydrogen) atoms. The second-order valence-electron chi connectivity index (χ2n) is 5.41. The van der Waals surface area contributed by atoms with Gasteiger partial charge in [0.1, 0.15) is 0 Å². The predicted octanol–water partition coefficient (Wildman–Crippen LogP) is 3.81. The van der Waals surface area contributed by atoms with Crippen molar-refractivity contribution in [3.63, 3.8) is 0 Å². The molecule has 1 aromatic carbocycles. The molecule has 0 amide bonds. The maximum absolute atomic E-state index is 14.1. The third-order valence-electron chi connectivity index (χ3n) is 3.59. The molecule has 0 aliphatic rings. The number of hydrogen-bond acceptors (Lipinski definition) is 3. The maximum Gasteiger partial charge on any atom is 0.372 e. The predicted molar refractivity (Wildman–Crippen MR) is 79.1 cm³/mol. The van der Waals surface area contributed by atoms with Gasteiger partial charge in [-0.1, -0.05) is 13.3 Å². The molecule has 5 heteroatoms. The Hall–Kier alpha value is -1.88. The van der Waals surface area contributed by atoms with Crippen LogP contribution in [0, 0.1) is 12.7 Å². The molecule has 0 spiro atoms. The molecule has 0 unspecified atom stereocenters. The maximum atomic E-state index is 14.1. The van der Waals surface area contributed by atoms with E-state index < -0.39 is 11.8 Å². The number of benzene rings is 1. The number of halogens is 1. The number of fused-ring (bicyclic) bond motifs is 1. The highest BCUT2D eigenvalue weighted by Crippen LogP contribution is 2.29. The summed E-state index contributed by atoms with van der Waals surface area (Å²) in [5.74, 6) is -1.88. The molecule has 2 rings (SSSR count). The molecule has 0 radical (unpaired) electrons.